The van der Waals surface area contributed by atoms with E-state index in [1.807, 2.05) is 35.9 Å². The number of aromatic nitrogens is 5. The van der Waals surface area contributed by atoms with E-state index in [1.54, 1.807) is 18.7 Å². The summed E-state index contributed by atoms with van der Waals surface area (Å²) in [5, 5.41) is 3.02. The van der Waals surface area contributed by atoms with Gasteiger partial charge in [0.25, 0.3) is 0 Å². The van der Waals surface area contributed by atoms with Crippen LogP contribution in [-0.2, 0) is 17.8 Å². The topological polar surface area (TPSA) is 88.8 Å². The summed E-state index contributed by atoms with van der Waals surface area (Å²) in [6, 6.07) is 5.84. The van der Waals surface area contributed by atoms with E-state index in [2.05, 4.69) is 32.1 Å². The second-order valence-electron chi connectivity index (χ2n) is 7.88. The van der Waals surface area contributed by atoms with Crippen molar-refractivity contribution >= 4 is 11.7 Å². The maximum atomic E-state index is 12.7. The zero-order valence-electron chi connectivity index (χ0n) is 18.2. The van der Waals surface area contributed by atoms with Gasteiger partial charge in [0, 0.05) is 48.9 Å². The molecule has 8 nitrogen and oxygen atoms in total. The standard InChI is InChI=1S/C23H29N7O/c1-3-20-17(2)27-23(29-13-11-24-16-29)28-22(20)30-12-7-5-9-19(30)14-21(31)26-15-18-8-4-6-10-25-18/h4,6,8,10-11,13,16,19H,3,5,7,9,12,14-15H2,1-2H3,(H,26,31). The second-order valence-corrected chi connectivity index (χ2v) is 7.88. The van der Waals surface area contributed by atoms with Gasteiger partial charge in [-0.2, -0.15) is 4.98 Å². The summed E-state index contributed by atoms with van der Waals surface area (Å²) in [6.07, 6.45) is 11.5. The Morgan fingerprint density at radius 3 is 2.87 bits per heavy atom. The number of carbonyl (C=O) groups is 1. The highest BCUT2D eigenvalue weighted by atomic mass is 16.1. The number of aryl methyl sites for hydroxylation is 1. The van der Waals surface area contributed by atoms with Gasteiger partial charge in [0.1, 0.15) is 12.1 Å². The lowest BCUT2D eigenvalue weighted by atomic mass is 9.97. The lowest BCUT2D eigenvalue weighted by Crippen LogP contribution is -2.44. The number of nitrogens with one attached hydrogen (secondary N) is 1. The summed E-state index contributed by atoms with van der Waals surface area (Å²) in [7, 11) is 0. The maximum Gasteiger partial charge on any atom is 0.237 e. The molecule has 0 spiro atoms. The molecular formula is C23H29N7O. The lowest BCUT2D eigenvalue weighted by molar-refractivity contribution is -0.121. The van der Waals surface area contributed by atoms with E-state index in [0.29, 0.717) is 18.9 Å². The molecule has 0 aromatic carbocycles. The minimum absolute atomic E-state index is 0.0428. The van der Waals surface area contributed by atoms with E-state index in [1.165, 1.54) is 0 Å². The van der Waals surface area contributed by atoms with Crippen molar-refractivity contribution in [2.45, 2.75) is 58.5 Å². The fraction of sp³-hybridized carbons (Fsp3) is 0.435. The van der Waals surface area contributed by atoms with Crippen LogP contribution < -0.4 is 10.2 Å². The molecule has 0 radical (unpaired) electrons. The number of amides is 1. The van der Waals surface area contributed by atoms with E-state index < -0.39 is 0 Å². The number of hydrogen-bond acceptors (Lipinski definition) is 6. The van der Waals surface area contributed by atoms with Gasteiger partial charge in [-0.05, 0) is 44.7 Å². The molecular weight excluding hydrogens is 390 g/mol. The van der Waals surface area contributed by atoms with Crippen molar-refractivity contribution < 1.29 is 4.79 Å². The van der Waals surface area contributed by atoms with Crippen LogP contribution in [0.1, 0.15) is 49.6 Å². The Morgan fingerprint density at radius 2 is 2.13 bits per heavy atom. The number of anilines is 1. The van der Waals surface area contributed by atoms with Crippen molar-refractivity contribution in [3.63, 3.8) is 0 Å². The van der Waals surface area contributed by atoms with E-state index >= 15 is 0 Å². The van der Waals surface area contributed by atoms with Crippen LogP contribution in [0.15, 0.2) is 43.1 Å². The highest BCUT2D eigenvalue weighted by Gasteiger charge is 2.28. The molecule has 4 heterocycles. The maximum absolute atomic E-state index is 12.7. The van der Waals surface area contributed by atoms with E-state index in [-0.39, 0.29) is 11.9 Å². The van der Waals surface area contributed by atoms with Gasteiger partial charge >= 0.3 is 0 Å². The van der Waals surface area contributed by atoms with Crippen LogP contribution in [0.3, 0.4) is 0 Å². The van der Waals surface area contributed by atoms with Crippen molar-refractivity contribution in [3.8, 4) is 5.95 Å². The fourth-order valence-corrected chi connectivity index (χ4v) is 4.18. The summed E-state index contributed by atoms with van der Waals surface area (Å²) in [4.78, 5) is 33.1. The smallest absolute Gasteiger partial charge is 0.237 e. The Kier molecular flexibility index (Phi) is 6.54. The average molecular weight is 420 g/mol. The van der Waals surface area contributed by atoms with Gasteiger partial charge < -0.3 is 10.2 Å². The van der Waals surface area contributed by atoms with Crippen LogP contribution in [0.5, 0.6) is 0 Å². The van der Waals surface area contributed by atoms with Crippen LogP contribution in [0.25, 0.3) is 5.95 Å². The third kappa shape index (κ3) is 4.90. The predicted octanol–water partition coefficient (Wildman–Crippen LogP) is 2.99. The molecule has 8 heteroatoms. The molecule has 1 atom stereocenters. The van der Waals surface area contributed by atoms with Crippen LogP contribution in [-0.4, -0.2) is 43.0 Å². The van der Waals surface area contributed by atoms with Crippen LogP contribution >= 0.6 is 0 Å². The Labute approximate surface area is 182 Å². The highest BCUT2D eigenvalue weighted by molar-refractivity contribution is 5.77. The molecule has 1 saturated heterocycles. The van der Waals surface area contributed by atoms with Gasteiger partial charge in [0.15, 0.2) is 0 Å². The number of rotatable bonds is 7. The lowest BCUT2D eigenvalue weighted by Gasteiger charge is -2.37. The molecule has 0 aliphatic carbocycles. The first-order valence-electron chi connectivity index (χ1n) is 10.9. The van der Waals surface area contributed by atoms with Crippen molar-refractivity contribution in [1.29, 1.82) is 0 Å². The first kappa shape index (κ1) is 21.0. The van der Waals surface area contributed by atoms with Gasteiger partial charge in [0.05, 0.1) is 12.2 Å². The van der Waals surface area contributed by atoms with Crippen LogP contribution in [0.4, 0.5) is 5.82 Å². The third-order valence-electron chi connectivity index (χ3n) is 5.78. The quantitative estimate of drug-likeness (QED) is 0.633. The third-order valence-corrected chi connectivity index (χ3v) is 5.78. The first-order valence-corrected chi connectivity index (χ1v) is 10.9. The van der Waals surface area contributed by atoms with E-state index in [9.17, 15) is 4.79 Å². The molecule has 162 valence electrons. The summed E-state index contributed by atoms with van der Waals surface area (Å²) in [5.74, 6) is 1.60. The van der Waals surface area contributed by atoms with E-state index in [4.69, 9.17) is 4.98 Å². The van der Waals surface area contributed by atoms with Crippen molar-refractivity contribution in [3.05, 3.63) is 60.1 Å². The minimum Gasteiger partial charge on any atom is -0.353 e. The van der Waals surface area contributed by atoms with Gasteiger partial charge in [0.2, 0.25) is 11.9 Å². The average Bonchev–Trinajstić information content (AvgIpc) is 3.33. The Morgan fingerprint density at radius 1 is 1.23 bits per heavy atom. The van der Waals surface area contributed by atoms with Gasteiger partial charge in [-0.25, -0.2) is 9.97 Å². The Bertz CT molecular complexity index is 1000. The van der Waals surface area contributed by atoms with Crippen LogP contribution in [0.2, 0.25) is 0 Å². The van der Waals surface area contributed by atoms with Gasteiger partial charge in [-0.1, -0.05) is 13.0 Å². The number of imidazole rings is 1. The molecule has 3 aromatic heterocycles. The van der Waals surface area contributed by atoms with Gasteiger partial charge in [-0.3, -0.25) is 14.3 Å². The normalized spacial score (nSPS) is 16.3. The molecule has 1 amide bonds. The summed E-state index contributed by atoms with van der Waals surface area (Å²) < 4.78 is 1.83. The van der Waals surface area contributed by atoms with E-state index in [0.717, 1.165) is 55.0 Å². The first-order chi connectivity index (χ1) is 15.2. The zero-order valence-corrected chi connectivity index (χ0v) is 18.2. The molecule has 1 unspecified atom stereocenters. The minimum atomic E-state index is 0.0428. The van der Waals surface area contributed by atoms with Crippen LogP contribution in [0, 0.1) is 6.92 Å². The molecule has 31 heavy (non-hydrogen) atoms. The molecule has 4 rings (SSSR count). The Balaban J connectivity index is 1.54. The highest BCUT2D eigenvalue weighted by Crippen LogP contribution is 2.30. The zero-order chi connectivity index (χ0) is 21.6. The van der Waals surface area contributed by atoms with Gasteiger partial charge in [-0.15, -0.1) is 0 Å². The molecule has 1 N–H and O–H groups in total. The molecule has 1 aliphatic heterocycles. The summed E-state index contributed by atoms with van der Waals surface area (Å²) >= 11 is 0. The fourth-order valence-electron chi connectivity index (χ4n) is 4.18. The molecule has 0 bridgehead atoms. The number of piperidine rings is 1. The van der Waals surface area contributed by atoms with Crippen molar-refractivity contribution in [1.82, 2.24) is 29.8 Å². The summed E-state index contributed by atoms with van der Waals surface area (Å²) in [5.41, 5.74) is 2.98. The Hall–Kier alpha value is -3.29. The number of nitrogens with zero attached hydrogens (tertiary/aromatic N) is 6. The largest absolute Gasteiger partial charge is 0.353 e. The van der Waals surface area contributed by atoms with Crippen molar-refractivity contribution in [2.75, 3.05) is 11.4 Å². The SMILES string of the molecule is CCc1c(C)nc(-n2ccnc2)nc1N1CCCCC1CC(=O)NCc1ccccn1. The number of carbonyl (C=O) groups excluding carboxylic acids is 1. The molecule has 1 aliphatic rings. The second kappa shape index (κ2) is 9.68. The monoisotopic (exact) mass is 419 g/mol. The van der Waals surface area contributed by atoms with Crippen molar-refractivity contribution in [2.24, 2.45) is 0 Å². The number of hydrogen-bond donors (Lipinski definition) is 1. The molecule has 1 fully saturated rings. The summed E-state index contributed by atoms with van der Waals surface area (Å²) in [6.45, 7) is 5.50. The molecule has 3 aromatic rings. The molecule has 0 saturated carbocycles. The predicted molar refractivity (Wildman–Crippen MR) is 119 cm³/mol. The number of pyridine rings is 1.